The van der Waals surface area contributed by atoms with Crippen LogP contribution in [-0.4, -0.2) is 31.4 Å². The van der Waals surface area contributed by atoms with E-state index in [1.165, 1.54) is 11.8 Å². The Balaban J connectivity index is 2.25. The van der Waals surface area contributed by atoms with Crippen LogP contribution in [0.15, 0.2) is 29.4 Å². The number of phenols is 1. The minimum Gasteiger partial charge on any atom is -0.508 e. The van der Waals surface area contributed by atoms with Gasteiger partial charge in [0.1, 0.15) is 11.5 Å². The van der Waals surface area contributed by atoms with Crippen LogP contribution >= 0.6 is 11.8 Å². The van der Waals surface area contributed by atoms with Crippen molar-refractivity contribution in [1.82, 2.24) is 14.8 Å². The molecule has 0 aliphatic rings. The highest BCUT2D eigenvalue weighted by molar-refractivity contribution is 7.99. The van der Waals surface area contributed by atoms with E-state index in [1.54, 1.807) is 31.2 Å². The summed E-state index contributed by atoms with van der Waals surface area (Å²) < 4.78 is 1.83. The molecule has 2 aromatic rings. The average Bonchev–Trinajstić information content (AvgIpc) is 2.69. The van der Waals surface area contributed by atoms with Crippen molar-refractivity contribution in [3.63, 3.8) is 0 Å². The van der Waals surface area contributed by atoms with Gasteiger partial charge in [-0.05, 0) is 31.2 Å². The molecule has 0 saturated carbocycles. The number of hydrogen-bond acceptors (Lipinski definition) is 5. The molecule has 0 amide bonds. The second-order valence-corrected chi connectivity index (χ2v) is 4.85. The number of aromatic nitrogens is 3. The summed E-state index contributed by atoms with van der Waals surface area (Å²) in [6.45, 7) is 1.55. The minimum atomic E-state index is 0.106. The van der Waals surface area contributed by atoms with Crippen molar-refractivity contribution in [1.29, 1.82) is 0 Å². The van der Waals surface area contributed by atoms with E-state index in [-0.39, 0.29) is 11.5 Å². The highest BCUT2D eigenvalue weighted by atomic mass is 32.2. The molecular weight excluding hydrogens is 250 g/mol. The van der Waals surface area contributed by atoms with Crippen molar-refractivity contribution in [2.45, 2.75) is 12.1 Å². The third-order valence-corrected chi connectivity index (χ3v) is 3.53. The van der Waals surface area contributed by atoms with Crippen molar-refractivity contribution < 1.29 is 9.90 Å². The second kappa shape index (κ2) is 5.22. The second-order valence-electron chi connectivity index (χ2n) is 3.90. The third-order valence-electron chi connectivity index (χ3n) is 2.36. The summed E-state index contributed by atoms with van der Waals surface area (Å²) >= 11 is 1.36. The zero-order valence-corrected chi connectivity index (χ0v) is 10.9. The van der Waals surface area contributed by atoms with E-state index >= 15 is 0 Å². The summed E-state index contributed by atoms with van der Waals surface area (Å²) in [4.78, 5) is 10.9. The maximum Gasteiger partial charge on any atom is 0.191 e. The van der Waals surface area contributed by atoms with Gasteiger partial charge in [-0.2, -0.15) is 0 Å². The Labute approximate surface area is 109 Å². The van der Waals surface area contributed by atoms with Gasteiger partial charge >= 0.3 is 0 Å². The van der Waals surface area contributed by atoms with Crippen molar-refractivity contribution in [2.24, 2.45) is 7.05 Å². The fourth-order valence-electron chi connectivity index (χ4n) is 1.47. The maximum absolute atomic E-state index is 10.9. The first-order valence-electron chi connectivity index (χ1n) is 5.39. The Kier molecular flexibility index (Phi) is 3.66. The van der Waals surface area contributed by atoms with Gasteiger partial charge in [0, 0.05) is 12.6 Å². The van der Waals surface area contributed by atoms with E-state index in [1.807, 2.05) is 11.6 Å². The molecule has 0 aliphatic carbocycles. The first-order valence-corrected chi connectivity index (χ1v) is 6.37. The third kappa shape index (κ3) is 2.70. The normalized spacial score (nSPS) is 10.6. The quantitative estimate of drug-likeness (QED) is 0.853. The predicted molar refractivity (Wildman–Crippen MR) is 69.5 cm³/mol. The molecule has 1 aromatic carbocycles. The molecular formula is C12H13N3O2S. The number of hydrogen-bond donors (Lipinski definition) is 1. The van der Waals surface area contributed by atoms with E-state index in [0.717, 1.165) is 5.56 Å². The van der Waals surface area contributed by atoms with Crippen LogP contribution in [0.4, 0.5) is 0 Å². The summed E-state index contributed by atoms with van der Waals surface area (Å²) in [5.74, 6) is 1.42. The molecule has 0 unspecified atom stereocenters. The van der Waals surface area contributed by atoms with Crippen LogP contribution in [0.1, 0.15) is 6.92 Å². The lowest BCUT2D eigenvalue weighted by Crippen LogP contribution is -1.98. The standard InChI is InChI=1S/C12H13N3O2S/c1-8(16)7-18-12-14-13-11(15(12)2)9-3-5-10(17)6-4-9/h3-6,17H,7H2,1-2H3. The van der Waals surface area contributed by atoms with E-state index in [0.29, 0.717) is 16.7 Å². The molecule has 1 N–H and O–H groups in total. The van der Waals surface area contributed by atoms with Gasteiger partial charge in [-0.1, -0.05) is 11.8 Å². The molecule has 0 aliphatic heterocycles. The predicted octanol–water partition coefficient (Wildman–Crippen LogP) is 1.87. The van der Waals surface area contributed by atoms with Crippen LogP contribution in [-0.2, 0) is 11.8 Å². The van der Waals surface area contributed by atoms with Gasteiger partial charge < -0.3 is 9.67 Å². The van der Waals surface area contributed by atoms with Crippen LogP contribution in [0.2, 0.25) is 0 Å². The number of ketones is 1. The van der Waals surface area contributed by atoms with Crippen LogP contribution in [0.3, 0.4) is 0 Å². The highest BCUT2D eigenvalue weighted by Crippen LogP contribution is 2.23. The van der Waals surface area contributed by atoms with Gasteiger partial charge in [-0.15, -0.1) is 10.2 Å². The number of thioether (sulfide) groups is 1. The van der Waals surface area contributed by atoms with Crippen molar-refractivity contribution in [3.05, 3.63) is 24.3 Å². The molecule has 1 heterocycles. The lowest BCUT2D eigenvalue weighted by molar-refractivity contribution is -0.114. The summed E-state index contributed by atoms with van der Waals surface area (Å²) in [5.41, 5.74) is 0.873. The number of benzene rings is 1. The summed E-state index contributed by atoms with van der Waals surface area (Å²) in [7, 11) is 1.85. The molecule has 94 valence electrons. The van der Waals surface area contributed by atoms with E-state index in [4.69, 9.17) is 0 Å². The Morgan fingerprint density at radius 3 is 2.61 bits per heavy atom. The summed E-state index contributed by atoms with van der Waals surface area (Å²) in [6, 6.07) is 6.76. The Morgan fingerprint density at radius 1 is 1.33 bits per heavy atom. The van der Waals surface area contributed by atoms with Gasteiger partial charge in [0.05, 0.1) is 5.75 Å². The van der Waals surface area contributed by atoms with Gasteiger partial charge in [-0.3, -0.25) is 4.79 Å². The monoisotopic (exact) mass is 263 g/mol. The topological polar surface area (TPSA) is 68.0 Å². The van der Waals surface area contributed by atoms with Crippen molar-refractivity contribution >= 4 is 17.5 Å². The number of carbonyl (C=O) groups excluding carboxylic acids is 1. The molecule has 6 heteroatoms. The molecule has 5 nitrogen and oxygen atoms in total. The Bertz CT molecular complexity index is 563. The smallest absolute Gasteiger partial charge is 0.191 e. The van der Waals surface area contributed by atoms with Gasteiger partial charge in [0.15, 0.2) is 11.0 Å². The van der Waals surface area contributed by atoms with Crippen molar-refractivity contribution in [2.75, 3.05) is 5.75 Å². The number of aromatic hydroxyl groups is 1. The average molecular weight is 263 g/mol. The van der Waals surface area contributed by atoms with Crippen LogP contribution in [0.25, 0.3) is 11.4 Å². The fourth-order valence-corrected chi connectivity index (χ4v) is 2.18. The van der Waals surface area contributed by atoms with Crippen molar-refractivity contribution in [3.8, 4) is 17.1 Å². The lowest BCUT2D eigenvalue weighted by atomic mass is 10.2. The molecule has 0 atom stereocenters. The molecule has 0 bridgehead atoms. The maximum atomic E-state index is 10.9. The van der Waals surface area contributed by atoms with E-state index < -0.39 is 0 Å². The van der Waals surface area contributed by atoms with E-state index in [9.17, 15) is 9.90 Å². The van der Waals surface area contributed by atoms with Gasteiger partial charge in [-0.25, -0.2) is 0 Å². The fraction of sp³-hybridized carbons (Fsp3) is 0.250. The number of rotatable bonds is 4. The number of nitrogens with zero attached hydrogens (tertiary/aromatic N) is 3. The lowest BCUT2D eigenvalue weighted by Gasteiger charge is -2.03. The summed E-state index contributed by atoms with van der Waals surface area (Å²) in [6.07, 6.45) is 0. The van der Waals surface area contributed by atoms with Gasteiger partial charge in [0.25, 0.3) is 0 Å². The van der Waals surface area contributed by atoms with E-state index in [2.05, 4.69) is 10.2 Å². The Morgan fingerprint density at radius 2 is 2.00 bits per heavy atom. The van der Waals surface area contributed by atoms with Crippen LogP contribution in [0, 0.1) is 0 Å². The van der Waals surface area contributed by atoms with Crippen LogP contribution < -0.4 is 0 Å². The largest absolute Gasteiger partial charge is 0.508 e. The number of carbonyl (C=O) groups is 1. The molecule has 2 rings (SSSR count). The first-order chi connectivity index (χ1) is 8.58. The Hall–Kier alpha value is -1.82. The molecule has 0 radical (unpaired) electrons. The summed E-state index contributed by atoms with van der Waals surface area (Å²) in [5, 5.41) is 18.1. The van der Waals surface area contributed by atoms with Gasteiger partial charge in [0.2, 0.25) is 0 Å². The molecule has 1 aromatic heterocycles. The minimum absolute atomic E-state index is 0.106. The molecule has 0 saturated heterocycles. The zero-order valence-electron chi connectivity index (χ0n) is 10.1. The molecule has 0 spiro atoms. The zero-order chi connectivity index (χ0) is 13.1. The SMILES string of the molecule is CC(=O)CSc1nnc(-c2ccc(O)cc2)n1C. The van der Waals surface area contributed by atoms with Crippen LogP contribution in [0.5, 0.6) is 5.75 Å². The first kappa shape index (κ1) is 12.6. The molecule has 18 heavy (non-hydrogen) atoms. The number of Topliss-reactive ketones (excluding diaryl/α,β-unsaturated/α-hetero) is 1. The molecule has 0 fully saturated rings. The highest BCUT2D eigenvalue weighted by Gasteiger charge is 2.11. The number of phenolic OH excluding ortho intramolecular Hbond substituents is 1.